The van der Waals surface area contributed by atoms with Gasteiger partial charge in [0.05, 0.1) is 0 Å². The van der Waals surface area contributed by atoms with E-state index in [1.807, 2.05) is 0 Å². The van der Waals surface area contributed by atoms with Crippen molar-refractivity contribution in [2.75, 3.05) is 13.6 Å². The third kappa shape index (κ3) is 3.73. The van der Waals surface area contributed by atoms with Crippen LogP contribution in [0.1, 0.15) is 25.8 Å². The molecule has 1 aliphatic rings. The molecule has 1 heterocycles. The molecule has 2 aromatic carbocycles. The van der Waals surface area contributed by atoms with E-state index in [0.29, 0.717) is 5.92 Å². The Morgan fingerprint density at radius 3 is 2.35 bits per heavy atom. The van der Waals surface area contributed by atoms with Crippen LogP contribution in [0.2, 0.25) is 0 Å². The van der Waals surface area contributed by atoms with Crippen molar-refractivity contribution < 1.29 is 0 Å². The summed E-state index contributed by atoms with van der Waals surface area (Å²) in [5.41, 5.74) is 6.62. The lowest BCUT2D eigenvalue weighted by atomic mass is 9.96. The van der Waals surface area contributed by atoms with Gasteiger partial charge in [0.2, 0.25) is 0 Å². The van der Waals surface area contributed by atoms with E-state index in [1.54, 1.807) is 0 Å². The molecule has 2 aromatic rings. The first kappa shape index (κ1) is 15.6. The van der Waals surface area contributed by atoms with E-state index in [9.17, 15) is 0 Å². The second-order valence-corrected chi connectivity index (χ2v) is 6.73. The van der Waals surface area contributed by atoms with Crippen molar-refractivity contribution in [3.8, 4) is 11.1 Å². The highest BCUT2D eigenvalue weighted by molar-refractivity contribution is 5.74. The van der Waals surface area contributed by atoms with Gasteiger partial charge in [-0.05, 0) is 46.7 Å². The van der Waals surface area contributed by atoms with Crippen molar-refractivity contribution in [1.29, 1.82) is 0 Å². The molecule has 0 N–H and O–H groups in total. The van der Waals surface area contributed by atoms with Crippen LogP contribution < -0.4 is 0 Å². The Kier molecular flexibility index (Phi) is 4.66. The van der Waals surface area contributed by atoms with E-state index in [2.05, 4.69) is 92.5 Å². The molecular weight excluding hydrogens is 278 g/mol. The van der Waals surface area contributed by atoms with Gasteiger partial charge in [-0.1, -0.05) is 68.5 Å². The van der Waals surface area contributed by atoms with Gasteiger partial charge in [-0.15, -0.1) is 0 Å². The van der Waals surface area contributed by atoms with Crippen molar-refractivity contribution in [2.24, 2.45) is 5.92 Å². The average molecular weight is 303 g/mol. The van der Waals surface area contributed by atoms with Crippen LogP contribution in [0, 0.1) is 5.92 Å². The van der Waals surface area contributed by atoms with Gasteiger partial charge in [0.1, 0.15) is 0 Å². The molecule has 0 saturated carbocycles. The van der Waals surface area contributed by atoms with Gasteiger partial charge >= 0.3 is 0 Å². The molecule has 0 fully saturated rings. The monoisotopic (exact) mass is 303 g/mol. The van der Waals surface area contributed by atoms with Crippen molar-refractivity contribution in [3.63, 3.8) is 0 Å². The molecule has 118 valence electrons. The van der Waals surface area contributed by atoms with Crippen LogP contribution in [0.5, 0.6) is 0 Å². The molecule has 0 spiro atoms. The van der Waals surface area contributed by atoms with Crippen LogP contribution in [0.3, 0.4) is 0 Å². The minimum absolute atomic E-state index is 0.692. The lowest BCUT2D eigenvalue weighted by Gasteiger charge is -2.27. The molecule has 0 radical (unpaired) electrons. The molecule has 1 aliphatic heterocycles. The highest BCUT2D eigenvalue weighted by atomic mass is 15.1. The Balaban J connectivity index is 1.94. The fraction of sp³-hybridized carbons (Fsp3) is 0.273. The van der Waals surface area contributed by atoms with E-state index in [-0.39, 0.29) is 0 Å². The molecule has 1 nitrogen and oxygen atoms in total. The van der Waals surface area contributed by atoms with Gasteiger partial charge in [-0.2, -0.15) is 0 Å². The van der Waals surface area contributed by atoms with Crippen LogP contribution in [0.25, 0.3) is 16.8 Å². The summed E-state index contributed by atoms with van der Waals surface area (Å²) in [7, 11) is 2.17. The van der Waals surface area contributed by atoms with E-state index < -0.39 is 0 Å². The molecule has 0 atom stereocenters. The van der Waals surface area contributed by atoms with Crippen molar-refractivity contribution in [2.45, 2.75) is 20.3 Å². The van der Waals surface area contributed by atoms with E-state index in [4.69, 9.17) is 0 Å². The van der Waals surface area contributed by atoms with Crippen LogP contribution in [-0.4, -0.2) is 18.5 Å². The van der Waals surface area contributed by atoms with Crippen molar-refractivity contribution in [1.82, 2.24) is 4.90 Å². The van der Waals surface area contributed by atoms with Gasteiger partial charge in [0, 0.05) is 19.3 Å². The second kappa shape index (κ2) is 6.87. The maximum absolute atomic E-state index is 2.35. The summed E-state index contributed by atoms with van der Waals surface area (Å²) in [6, 6.07) is 19.5. The maximum Gasteiger partial charge on any atom is 0.0442 e. The van der Waals surface area contributed by atoms with Crippen molar-refractivity contribution >= 4 is 5.70 Å². The molecule has 3 rings (SSSR count). The number of rotatable bonds is 4. The molecule has 0 bridgehead atoms. The minimum atomic E-state index is 0.692. The zero-order valence-corrected chi connectivity index (χ0v) is 14.3. The van der Waals surface area contributed by atoms with E-state index >= 15 is 0 Å². The third-order valence-corrected chi connectivity index (χ3v) is 4.27. The summed E-state index contributed by atoms with van der Waals surface area (Å²) in [4.78, 5) is 2.33. The summed E-state index contributed by atoms with van der Waals surface area (Å²) in [5, 5.41) is 0. The van der Waals surface area contributed by atoms with Crippen LogP contribution in [0.4, 0.5) is 0 Å². The topological polar surface area (TPSA) is 3.24 Å². The summed E-state index contributed by atoms with van der Waals surface area (Å²) in [6.07, 6.45) is 5.86. The third-order valence-electron chi connectivity index (χ3n) is 4.27. The summed E-state index contributed by atoms with van der Waals surface area (Å²) >= 11 is 0. The molecule has 1 heteroatoms. The van der Waals surface area contributed by atoms with Gasteiger partial charge in [0.25, 0.3) is 0 Å². The van der Waals surface area contributed by atoms with Gasteiger partial charge in [0.15, 0.2) is 0 Å². The molecule has 0 unspecified atom stereocenters. The minimum Gasteiger partial charge on any atom is -0.370 e. The molecule has 0 saturated heterocycles. The highest BCUT2D eigenvalue weighted by Gasteiger charge is 2.13. The number of hydrogen-bond donors (Lipinski definition) is 0. The Bertz CT molecular complexity index is 723. The van der Waals surface area contributed by atoms with Crippen LogP contribution in [0.15, 0.2) is 72.3 Å². The summed E-state index contributed by atoms with van der Waals surface area (Å²) < 4.78 is 0. The second-order valence-electron chi connectivity index (χ2n) is 6.73. The SMILES string of the molecule is CC(C)CC1=CCN(C)C(c2cccc(-c3ccccc3)c2)=C1. The van der Waals surface area contributed by atoms with Gasteiger partial charge in [-0.3, -0.25) is 0 Å². The zero-order valence-electron chi connectivity index (χ0n) is 14.3. The normalized spacial score (nSPS) is 14.7. The molecular formula is C22H25N. The lowest BCUT2D eigenvalue weighted by molar-refractivity contribution is 0.523. The molecule has 0 aliphatic carbocycles. The molecule has 0 amide bonds. The largest absolute Gasteiger partial charge is 0.370 e. The number of likely N-dealkylation sites (N-methyl/N-ethyl adjacent to an activating group) is 1. The number of hydrogen-bond acceptors (Lipinski definition) is 1. The Hall–Kier alpha value is -2.28. The van der Waals surface area contributed by atoms with Crippen LogP contribution in [-0.2, 0) is 0 Å². The van der Waals surface area contributed by atoms with Crippen LogP contribution >= 0.6 is 0 Å². The number of benzene rings is 2. The van der Waals surface area contributed by atoms with Gasteiger partial charge in [-0.25, -0.2) is 0 Å². The van der Waals surface area contributed by atoms with E-state index in [1.165, 1.54) is 28.0 Å². The Morgan fingerprint density at radius 2 is 1.61 bits per heavy atom. The zero-order chi connectivity index (χ0) is 16.2. The first-order chi connectivity index (χ1) is 11.1. The quantitative estimate of drug-likeness (QED) is 0.709. The molecule has 23 heavy (non-hydrogen) atoms. The predicted octanol–water partition coefficient (Wildman–Crippen LogP) is 5.61. The highest BCUT2D eigenvalue weighted by Crippen LogP contribution is 2.29. The molecule has 0 aromatic heterocycles. The first-order valence-electron chi connectivity index (χ1n) is 8.41. The summed E-state index contributed by atoms with van der Waals surface area (Å²) in [5.74, 6) is 0.692. The lowest BCUT2D eigenvalue weighted by Crippen LogP contribution is -2.20. The fourth-order valence-corrected chi connectivity index (χ4v) is 3.10. The number of nitrogens with zero attached hydrogens (tertiary/aromatic N) is 1. The predicted molar refractivity (Wildman–Crippen MR) is 100 cm³/mol. The standard InChI is InChI=1S/C22H25N/c1-17(2)14-18-12-13-23(3)22(15-18)21-11-7-10-20(16-21)19-8-5-4-6-9-19/h4-12,15-17H,13-14H2,1-3H3. The maximum atomic E-state index is 2.35. The van der Waals surface area contributed by atoms with E-state index in [0.717, 1.165) is 13.0 Å². The summed E-state index contributed by atoms with van der Waals surface area (Å²) in [6.45, 7) is 5.55. The number of allylic oxidation sites excluding steroid dienone is 2. The van der Waals surface area contributed by atoms with Crippen molar-refractivity contribution in [3.05, 3.63) is 77.9 Å². The average Bonchev–Trinajstić information content (AvgIpc) is 2.57. The Labute approximate surface area is 140 Å². The first-order valence-corrected chi connectivity index (χ1v) is 8.41. The fourth-order valence-electron chi connectivity index (χ4n) is 3.10. The van der Waals surface area contributed by atoms with Gasteiger partial charge < -0.3 is 4.90 Å². The Morgan fingerprint density at radius 1 is 0.913 bits per heavy atom. The smallest absolute Gasteiger partial charge is 0.0442 e.